The molecule has 0 bridgehead atoms. The number of carbonyl (C=O) groups is 1. The number of hydrogen-bond donors (Lipinski definition) is 0. The van der Waals surface area contributed by atoms with Crippen LogP contribution in [0.4, 0.5) is 0 Å². The molecule has 0 aliphatic carbocycles. The molecule has 3 aromatic carbocycles. The van der Waals surface area contributed by atoms with Crippen molar-refractivity contribution in [3.63, 3.8) is 0 Å². The zero-order chi connectivity index (χ0) is 18.4. The Morgan fingerprint density at radius 2 is 1.27 bits per heavy atom. The highest BCUT2D eigenvalue weighted by molar-refractivity contribution is 6.34. The van der Waals surface area contributed by atoms with E-state index in [1.165, 1.54) is 5.56 Å². The minimum atomic E-state index is 0.114. The van der Waals surface area contributed by atoms with E-state index in [4.69, 9.17) is 11.6 Å². The van der Waals surface area contributed by atoms with Crippen molar-refractivity contribution in [2.24, 2.45) is 0 Å². The van der Waals surface area contributed by atoms with Crippen molar-refractivity contribution >= 4 is 23.0 Å². The minimum Gasteiger partial charge on any atom is -0.299 e. The van der Waals surface area contributed by atoms with Crippen LogP contribution in [0, 0.1) is 6.92 Å². The molecule has 0 aliphatic rings. The highest BCUT2D eigenvalue weighted by Crippen LogP contribution is 2.30. The number of hydrogen-bond acceptors (Lipinski definition) is 1. The van der Waals surface area contributed by atoms with E-state index in [9.17, 15) is 4.79 Å². The highest BCUT2D eigenvalue weighted by Gasteiger charge is 2.14. The van der Waals surface area contributed by atoms with Gasteiger partial charge in [-0.2, -0.15) is 0 Å². The number of rotatable bonds is 6. The third-order valence-corrected chi connectivity index (χ3v) is 4.59. The molecule has 26 heavy (non-hydrogen) atoms. The maximum absolute atomic E-state index is 12.6. The van der Waals surface area contributed by atoms with Crippen LogP contribution in [-0.2, 0) is 11.2 Å². The molecule has 130 valence electrons. The number of aryl methyl sites for hydroxylation is 1. The molecule has 0 spiro atoms. The lowest BCUT2D eigenvalue weighted by atomic mass is 9.95. The molecule has 0 N–H and O–H groups in total. The van der Waals surface area contributed by atoms with Gasteiger partial charge in [0.15, 0.2) is 0 Å². The topological polar surface area (TPSA) is 17.1 Å². The van der Waals surface area contributed by atoms with Crippen LogP contribution in [0.15, 0.2) is 90.0 Å². The van der Waals surface area contributed by atoms with Crippen LogP contribution in [0.5, 0.6) is 0 Å². The SMILES string of the molecule is Cc1ccc(CC(=O)CC(Cl)=C(c2ccccc2)c2ccccc2)cc1. The third-order valence-electron chi connectivity index (χ3n) is 4.27. The molecule has 3 rings (SSSR count). The first-order valence-corrected chi connectivity index (χ1v) is 9.08. The van der Waals surface area contributed by atoms with E-state index in [1.54, 1.807) is 0 Å². The lowest BCUT2D eigenvalue weighted by Gasteiger charge is -2.12. The first-order chi connectivity index (χ1) is 12.6. The summed E-state index contributed by atoms with van der Waals surface area (Å²) < 4.78 is 0. The van der Waals surface area contributed by atoms with Gasteiger partial charge in [-0.05, 0) is 23.6 Å². The van der Waals surface area contributed by atoms with Gasteiger partial charge in [0, 0.05) is 23.4 Å². The van der Waals surface area contributed by atoms with Crippen molar-refractivity contribution in [2.45, 2.75) is 19.8 Å². The molecule has 0 amide bonds. The summed E-state index contributed by atoms with van der Waals surface area (Å²) >= 11 is 6.66. The second kappa shape index (κ2) is 8.64. The monoisotopic (exact) mass is 360 g/mol. The van der Waals surface area contributed by atoms with E-state index in [1.807, 2.05) is 91.9 Å². The normalized spacial score (nSPS) is 10.4. The average molecular weight is 361 g/mol. The van der Waals surface area contributed by atoms with E-state index in [0.717, 1.165) is 22.3 Å². The van der Waals surface area contributed by atoms with Gasteiger partial charge in [0.25, 0.3) is 0 Å². The van der Waals surface area contributed by atoms with Crippen molar-refractivity contribution in [1.82, 2.24) is 0 Å². The maximum Gasteiger partial charge on any atom is 0.142 e. The van der Waals surface area contributed by atoms with Gasteiger partial charge < -0.3 is 0 Å². The number of allylic oxidation sites excluding steroid dienone is 1. The molecule has 0 atom stereocenters. The number of Topliss-reactive ketones (excluding diaryl/α,β-unsaturated/α-hetero) is 1. The van der Waals surface area contributed by atoms with Crippen LogP contribution >= 0.6 is 11.6 Å². The standard InChI is InChI=1S/C24H21ClO/c1-18-12-14-19(15-13-18)16-22(26)17-23(25)24(20-8-4-2-5-9-20)21-10-6-3-7-11-21/h2-15H,16-17H2,1H3. The fourth-order valence-corrected chi connectivity index (χ4v) is 3.31. The van der Waals surface area contributed by atoms with Crippen LogP contribution in [-0.4, -0.2) is 5.78 Å². The van der Waals surface area contributed by atoms with Crippen molar-refractivity contribution in [3.8, 4) is 0 Å². The lowest BCUT2D eigenvalue weighted by molar-refractivity contribution is -0.117. The summed E-state index contributed by atoms with van der Waals surface area (Å²) in [6.07, 6.45) is 0.627. The Labute approximate surface area is 160 Å². The first kappa shape index (κ1) is 18.2. The van der Waals surface area contributed by atoms with Gasteiger partial charge in [-0.15, -0.1) is 0 Å². The molecule has 2 heteroatoms. The van der Waals surface area contributed by atoms with Crippen molar-refractivity contribution in [3.05, 3.63) is 112 Å². The van der Waals surface area contributed by atoms with Crippen LogP contribution < -0.4 is 0 Å². The van der Waals surface area contributed by atoms with Crippen molar-refractivity contribution in [2.75, 3.05) is 0 Å². The molecular weight excluding hydrogens is 340 g/mol. The van der Waals surface area contributed by atoms with Crippen LogP contribution in [0.25, 0.3) is 5.57 Å². The number of carbonyl (C=O) groups excluding carboxylic acids is 1. The summed E-state index contributed by atoms with van der Waals surface area (Å²) in [6, 6.07) is 28.0. The van der Waals surface area contributed by atoms with E-state index >= 15 is 0 Å². The van der Waals surface area contributed by atoms with Gasteiger partial charge in [0.05, 0.1) is 0 Å². The molecule has 0 saturated carbocycles. The van der Waals surface area contributed by atoms with E-state index in [2.05, 4.69) is 0 Å². The minimum absolute atomic E-state index is 0.114. The molecule has 0 unspecified atom stereocenters. The Bertz CT molecular complexity index is 852. The Balaban J connectivity index is 1.87. The molecule has 3 aromatic rings. The highest BCUT2D eigenvalue weighted by atomic mass is 35.5. The van der Waals surface area contributed by atoms with Crippen LogP contribution in [0.1, 0.15) is 28.7 Å². The summed E-state index contributed by atoms with van der Waals surface area (Å²) in [4.78, 5) is 12.6. The molecule has 0 aromatic heterocycles. The Hall–Kier alpha value is -2.64. The summed E-state index contributed by atoms with van der Waals surface area (Å²) in [6.45, 7) is 2.04. The number of ketones is 1. The molecular formula is C24H21ClO. The van der Waals surface area contributed by atoms with E-state index in [-0.39, 0.29) is 12.2 Å². The van der Waals surface area contributed by atoms with Gasteiger partial charge in [-0.1, -0.05) is 102 Å². The lowest BCUT2D eigenvalue weighted by Crippen LogP contribution is -2.04. The van der Waals surface area contributed by atoms with Crippen LogP contribution in [0.2, 0.25) is 0 Å². The van der Waals surface area contributed by atoms with Gasteiger partial charge in [0.1, 0.15) is 5.78 Å². The summed E-state index contributed by atoms with van der Waals surface area (Å²) in [7, 11) is 0. The molecule has 0 heterocycles. The van der Waals surface area contributed by atoms with Gasteiger partial charge in [0.2, 0.25) is 0 Å². The Kier molecular flexibility index (Phi) is 6.04. The average Bonchev–Trinajstić information content (AvgIpc) is 2.65. The van der Waals surface area contributed by atoms with Gasteiger partial charge >= 0.3 is 0 Å². The smallest absolute Gasteiger partial charge is 0.142 e. The molecule has 0 aliphatic heterocycles. The first-order valence-electron chi connectivity index (χ1n) is 8.70. The molecule has 1 nitrogen and oxygen atoms in total. The number of halogens is 1. The Morgan fingerprint density at radius 3 is 1.77 bits per heavy atom. The van der Waals surface area contributed by atoms with Gasteiger partial charge in [-0.3, -0.25) is 4.79 Å². The summed E-state index contributed by atoms with van der Waals surface area (Å²) in [5, 5.41) is 0.583. The zero-order valence-corrected chi connectivity index (χ0v) is 15.5. The summed E-state index contributed by atoms with van der Waals surface area (Å²) in [5.41, 5.74) is 5.17. The maximum atomic E-state index is 12.6. The molecule has 0 saturated heterocycles. The van der Waals surface area contributed by atoms with Gasteiger partial charge in [-0.25, -0.2) is 0 Å². The van der Waals surface area contributed by atoms with Crippen molar-refractivity contribution < 1.29 is 4.79 Å². The Morgan fingerprint density at radius 1 is 0.769 bits per heavy atom. The molecule has 0 radical (unpaired) electrons. The fraction of sp³-hybridized carbons (Fsp3) is 0.125. The quantitative estimate of drug-likeness (QED) is 0.511. The van der Waals surface area contributed by atoms with Crippen molar-refractivity contribution in [1.29, 1.82) is 0 Å². The molecule has 0 fully saturated rings. The van der Waals surface area contributed by atoms with Crippen LogP contribution in [0.3, 0.4) is 0 Å². The predicted octanol–water partition coefficient (Wildman–Crippen LogP) is 6.20. The fourth-order valence-electron chi connectivity index (χ4n) is 2.95. The summed E-state index contributed by atoms with van der Waals surface area (Å²) in [5.74, 6) is 0.114. The van der Waals surface area contributed by atoms with E-state index in [0.29, 0.717) is 11.5 Å². The number of benzene rings is 3. The van der Waals surface area contributed by atoms with E-state index < -0.39 is 0 Å². The largest absolute Gasteiger partial charge is 0.299 e. The second-order valence-electron chi connectivity index (χ2n) is 6.39. The third kappa shape index (κ3) is 4.71. The predicted molar refractivity (Wildman–Crippen MR) is 109 cm³/mol. The second-order valence-corrected chi connectivity index (χ2v) is 6.85. The zero-order valence-electron chi connectivity index (χ0n) is 14.8.